The van der Waals surface area contributed by atoms with Crippen molar-refractivity contribution in [2.24, 2.45) is 0 Å². The van der Waals surface area contributed by atoms with Crippen LogP contribution in [-0.4, -0.2) is 23.8 Å². The highest BCUT2D eigenvalue weighted by atomic mass is 32.2. The minimum atomic E-state index is -0.0272. The van der Waals surface area contributed by atoms with Crippen LogP contribution in [-0.2, 0) is 4.79 Å². The maximum Gasteiger partial charge on any atom is 0.235 e. The van der Waals surface area contributed by atoms with Crippen LogP contribution in [0.3, 0.4) is 0 Å². The van der Waals surface area contributed by atoms with Crippen molar-refractivity contribution >= 4 is 55.6 Å². The van der Waals surface area contributed by atoms with Crippen LogP contribution in [0.4, 0.5) is 5.00 Å². The standard InChI is InChI=1S/C20H16N2O2S3/c1-24-13-6-8-14(9-7-13)26-12-18(23)22-19-15(10-11-25-19)20-21-16-4-2-3-5-17(16)27-20/h2-11H,12H2,1H3,(H,22,23). The quantitative estimate of drug-likeness (QED) is 0.409. The largest absolute Gasteiger partial charge is 0.497 e. The second-order valence-electron chi connectivity index (χ2n) is 5.66. The molecule has 0 aliphatic heterocycles. The van der Waals surface area contributed by atoms with Crippen LogP contribution in [0.15, 0.2) is 64.9 Å². The van der Waals surface area contributed by atoms with Gasteiger partial charge in [0.25, 0.3) is 0 Å². The fraction of sp³-hybridized carbons (Fsp3) is 0.100. The first kappa shape index (κ1) is 18.0. The molecule has 2 aromatic heterocycles. The summed E-state index contributed by atoms with van der Waals surface area (Å²) in [5.41, 5.74) is 1.96. The number of nitrogens with zero attached hydrogens (tertiary/aromatic N) is 1. The summed E-state index contributed by atoms with van der Waals surface area (Å²) in [5.74, 6) is 1.13. The normalized spacial score (nSPS) is 10.9. The number of hydrogen-bond donors (Lipinski definition) is 1. The van der Waals surface area contributed by atoms with Gasteiger partial charge in [-0.05, 0) is 47.8 Å². The average Bonchev–Trinajstić information content (AvgIpc) is 3.33. The Hall–Kier alpha value is -2.35. The Labute approximate surface area is 169 Å². The molecule has 7 heteroatoms. The molecule has 2 heterocycles. The molecule has 136 valence electrons. The summed E-state index contributed by atoms with van der Waals surface area (Å²) in [7, 11) is 1.64. The summed E-state index contributed by atoms with van der Waals surface area (Å²) in [6.07, 6.45) is 0. The van der Waals surface area contributed by atoms with E-state index in [4.69, 9.17) is 4.74 Å². The van der Waals surface area contributed by atoms with Crippen molar-refractivity contribution in [2.75, 3.05) is 18.2 Å². The molecule has 4 aromatic rings. The van der Waals surface area contributed by atoms with Gasteiger partial charge in [-0.25, -0.2) is 4.98 Å². The van der Waals surface area contributed by atoms with Crippen molar-refractivity contribution in [1.82, 2.24) is 4.98 Å². The lowest BCUT2D eigenvalue weighted by atomic mass is 10.3. The zero-order chi connectivity index (χ0) is 18.6. The molecule has 0 bridgehead atoms. The zero-order valence-corrected chi connectivity index (χ0v) is 16.9. The summed E-state index contributed by atoms with van der Waals surface area (Å²) in [4.78, 5) is 18.1. The second-order valence-corrected chi connectivity index (χ2v) is 8.66. The van der Waals surface area contributed by atoms with E-state index in [0.717, 1.165) is 36.4 Å². The molecule has 2 aromatic carbocycles. The number of para-hydroxylation sites is 1. The van der Waals surface area contributed by atoms with Gasteiger partial charge >= 0.3 is 0 Å². The number of ether oxygens (including phenoxy) is 1. The molecule has 27 heavy (non-hydrogen) atoms. The number of thioether (sulfide) groups is 1. The Morgan fingerprint density at radius 1 is 1.15 bits per heavy atom. The molecule has 0 atom stereocenters. The molecule has 0 spiro atoms. The maximum absolute atomic E-state index is 12.4. The molecule has 1 N–H and O–H groups in total. The van der Waals surface area contributed by atoms with Crippen molar-refractivity contribution in [3.05, 3.63) is 60.0 Å². The summed E-state index contributed by atoms with van der Waals surface area (Å²) < 4.78 is 6.29. The van der Waals surface area contributed by atoms with E-state index in [2.05, 4.69) is 16.4 Å². The number of aromatic nitrogens is 1. The summed E-state index contributed by atoms with van der Waals surface area (Å²) in [6.45, 7) is 0. The van der Waals surface area contributed by atoms with Gasteiger partial charge in [0.1, 0.15) is 15.8 Å². The number of benzene rings is 2. The number of methoxy groups -OCH3 is 1. The van der Waals surface area contributed by atoms with Gasteiger partial charge in [-0.15, -0.1) is 34.4 Å². The number of thiophene rings is 1. The average molecular weight is 413 g/mol. The molecule has 0 saturated heterocycles. The minimum absolute atomic E-state index is 0.0272. The van der Waals surface area contributed by atoms with Gasteiger partial charge in [0.15, 0.2) is 0 Å². The summed E-state index contributed by atoms with van der Waals surface area (Å²) in [6, 6.07) is 17.8. The van der Waals surface area contributed by atoms with Crippen LogP contribution >= 0.6 is 34.4 Å². The highest BCUT2D eigenvalue weighted by Crippen LogP contribution is 2.37. The van der Waals surface area contributed by atoms with Crippen LogP contribution in [0.25, 0.3) is 20.8 Å². The van der Waals surface area contributed by atoms with Crippen molar-refractivity contribution in [3.8, 4) is 16.3 Å². The van der Waals surface area contributed by atoms with Gasteiger partial charge in [0, 0.05) is 10.5 Å². The molecular weight excluding hydrogens is 396 g/mol. The third-order valence-corrected chi connectivity index (χ3v) is 6.78. The number of fused-ring (bicyclic) bond motifs is 1. The van der Waals surface area contributed by atoms with Gasteiger partial charge in [0.05, 0.1) is 23.1 Å². The predicted molar refractivity (Wildman–Crippen MR) is 115 cm³/mol. The molecule has 0 aliphatic rings. The molecule has 1 amide bonds. The van der Waals surface area contributed by atoms with Gasteiger partial charge in [-0.2, -0.15) is 0 Å². The lowest BCUT2D eigenvalue weighted by Crippen LogP contribution is -2.13. The van der Waals surface area contributed by atoms with Crippen LogP contribution < -0.4 is 10.1 Å². The first-order valence-corrected chi connectivity index (χ1v) is 10.9. The predicted octanol–water partition coefficient (Wildman–Crippen LogP) is 5.76. The van der Waals surface area contributed by atoms with E-state index in [9.17, 15) is 4.79 Å². The number of rotatable bonds is 6. The lowest BCUT2D eigenvalue weighted by molar-refractivity contribution is -0.113. The van der Waals surface area contributed by atoms with Gasteiger partial charge in [-0.3, -0.25) is 4.79 Å². The van der Waals surface area contributed by atoms with Crippen molar-refractivity contribution in [3.63, 3.8) is 0 Å². The minimum Gasteiger partial charge on any atom is -0.497 e. The number of nitrogens with one attached hydrogen (secondary N) is 1. The molecular formula is C20H16N2O2S3. The zero-order valence-electron chi connectivity index (χ0n) is 14.5. The first-order valence-electron chi connectivity index (χ1n) is 8.23. The van der Waals surface area contributed by atoms with Crippen LogP contribution in [0, 0.1) is 0 Å². The second kappa shape index (κ2) is 8.12. The number of amides is 1. The highest BCUT2D eigenvalue weighted by molar-refractivity contribution is 8.00. The fourth-order valence-electron chi connectivity index (χ4n) is 2.55. The maximum atomic E-state index is 12.4. The van der Waals surface area contributed by atoms with Gasteiger partial charge < -0.3 is 10.1 Å². The van der Waals surface area contributed by atoms with E-state index in [0.29, 0.717) is 5.75 Å². The van der Waals surface area contributed by atoms with Crippen molar-refractivity contribution < 1.29 is 9.53 Å². The topological polar surface area (TPSA) is 51.2 Å². The first-order chi connectivity index (χ1) is 13.2. The number of anilines is 1. The Morgan fingerprint density at radius 2 is 1.96 bits per heavy atom. The number of thiazole rings is 1. The SMILES string of the molecule is COc1ccc(SCC(=O)Nc2sccc2-c2nc3ccccc3s2)cc1. The molecule has 0 saturated carbocycles. The summed E-state index contributed by atoms with van der Waals surface area (Å²) in [5, 5.41) is 6.78. The molecule has 0 aliphatic carbocycles. The molecule has 0 fully saturated rings. The third-order valence-electron chi connectivity index (χ3n) is 3.87. The Morgan fingerprint density at radius 3 is 2.74 bits per heavy atom. The van der Waals surface area contributed by atoms with Crippen LogP contribution in [0.5, 0.6) is 5.75 Å². The van der Waals surface area contributed by atoms with E-state index in [1.807, 2.05) is 53.9 Å². The van der Waals surface area contributed by atoms with E-state index >= 15 is 0 Å². The van der Waals surface area contributed by atoms with Gasteiger partial charge in [0.2, 0.25) is 5.91 Å². The van der Waals surface area contributed by atoms with E-state index in [1.54, 1.807) is 18.4 Å². The number of hydrogen-bond acceptors (Lipinski definition) is 6. The molecule has 0 unspecified atom stereocenters. The number of carbonyl (C=O) groups is 1. The number of carbonyl (C=O) groups excluding carboxylic acids is 1. The Balaban J connectivity index is 1.43. The smallest absolute Gasteiger partial charge is 0.235 e. The molecule has 4 nitrogen and oxygen atoms in total. The van der Waals surface area contributed by atoms with E-state index in [-0.39, 0.29) is 5.91 Å². The third kappa shape index (κ3) is 4.16. The van der Waals surface area contributed by atoms with Crippen molar-refractivity contribution in [1.29, 1.82) is 0 Å². The monoisotopic (exact) mass is 412 g/mol. The van der Waals surface area contributed by atoms with E-state index in [1.165, 1.54) is 23.1 Å². The Kier molecular flexibility index (Phi) is 5.42. The lowest BCUT2D eigenvalue weighted by Gasteiger charge is -2.06. The van der Waals surface area contributed by atoms with Gasteiger partial charge in [-0.1, -0.05) is 12.1 Å². The Bertz CT molecular complexity index is 1040. The van der Waals surface area contributed by atoms with E-state index < -0.39 is 0 Å². The van der Waals surface area contributed by atoms with Crippen molar-refractivity contribution in [2.45, 2.75) is 4.90 Å². The highest BCUT2D eigenvalue weighted by Gasteiger charge is 2.14. The van der Waals surface area contributed by atoms with Crippen LogP contribution in [0.2, 0.25) is 0 Å². The van der Waals surface area contributed by atoms with Crippen LogP contribution in [0.1, 0.15) is 0 Å². The summed E-state index contributed by atoms with van der Waals surface area (Å²) >= 11 is 4.65. The molecule has 4 rings (SSSR count). The molecule has 0 radical (unpaired) electrons. The fourth-order valence-corrected chi connectivity index (χ4v) is 5.11.